The molecule has 0 spiro atoms. The molecule has 0 atom stereocenters. The van der Waals surface area contributed by atoms with Crippen LogP contribution in [0.25, 0.3) is 0 Å². The van der Waals surface area contributed by atoms with Crippen LogP contribution in [-0.4, -0.2) is 26.9 Å². The molecule has 0 aliphatic rings. The summed E-state index contributed by atoms with van der Waals surface area (Å²) in [6, 6.07) is 10.2. The summed E-state index contributed by atoms with van der Waals surface area (Å²) in [5.74, 6) is 1.83. The number of rotatable bonds is 8. The SMILES string of the molecule is CCCOc1ccc(Cl)cc1NC(=O)NCc1ccc(OC)c(OC)c1. The standard InChI is InChI=1S/C19H23ClN2O4/c1-4-9-26-16-8-6-14(20)11-15(16)22-19(23)21-12-13-5-7-17(24-2)18(10-13)25-3/h5-8,10-11H,4,9,12H2,1-3H3,(H2,21,22,23). The molecule has 140 valence electrons. The molecule has 0 radical (unpaired) electrons. The summed E-state index contributed by atoms with van der Waals surface area (Å²) in [4.78, 5) is 12.2. The summed E-state index contributed by atoms with van der Waals surface area (Å²) < 4.78 is 16.1. The number of nitrogens with one attached hydrogen (secondary N) is 2. The van der Waals surface area contributed by atoms with E-state index in [-0.39, 0.29) is 6.03 Å². The van der Waals surface area contributed by atoms with E-state index in [1.54, 1.807) is 38.5 Å². The number of urea groups is 1. The number of amides is 2. The highest BCUT2D eigenvalue weighted by molar-refractivity contribution is 6.31. The second kappa shape index (κ2) is 9.77. The van der Waals surface area contributed by atoms with Gasteiger partial charge in [0.15, 0.2) is 11.5 Å². The highest BCUT2D eigenvalue weighted by Crippen LogP contribution is 2.29. The van der Waals surface area contributed by atoms with Crippen molar-refractivity contribution >= 4 is 23.3 Å². The van der Waals surface area contributed by atoms with E-state index in [9.17, 15) is 4.79 Å². The molecule has 0 fully saturated rings. The molecule has 2 aromatic carbocycles. The molecule has 0 aliphatic carbocycles. The van der Waals surface area contributed by atoms with Gasteiger partial charge >= 0.3 is 6.03 Å². The Balaban J connectivity index is 2.00. The molecule has 2 N–H and O–H groups in total. The van der Waals surface area contributed by atoms with Gasteiger partial charge in [0, 0.05) is 11.6 Å². The predicted molar refractivity (Wildman–Crippen MR) is 103 cm³/mol. The minimum Gasteiger partial charge on any atom is -0.493 e. The van der Waals surface area contributed by atoms with Gasteiger partial charge in [0.2, 0.25) is 0 Å². The molecule has 0 aromatic heterocycles. The molecule has 7 heteroatoms. The van der Waals surface area contributed by atoms with Crippen LogP contribution >= 0.6 is 11.6 Å². The van der Waals surface area contributed by atoms with E-state index in [4.69, 9.17) is 25.8 Å². The lowest BCUT2D eigenvalue weighted by Gasteiger charge is -2.14. The molecule has 26 heavy (non-hydrogen) atoms. The van der Waals surface area contributed by atoms with Crippen LogP contribution in [0.5, 0.6) is 17.2 Å². The van der Waals surface area contributed by atoms with Crippen molar-refractivity contribution in [3.8, 4) is 17.2 Å². The number of hydrogen-bond acceptors (Lipinski definition) is 4. The van der Waals surface area contributed by atoms with Crippen LogP contribution < -0.4 is 24.8 Å². The van der Waals surface area contributed by atoms with Gasteiger partial charge in [-0.3, -0.25) is 0 Å². The van der Waals surface area contributed by atoms with Crippen LogP contribution in [0.2, 0.25) is 5.02 Å². The van der Waals surface area contributed by atoms with Crippen molar-refractivity contribution in [1.29, 1.82) is 0 Å². The van der Waals surface area contributed by atoms with Crippen molar-refractivity contribution < 1.29 is 19.0 Å². The van der Waals surface area contributed by atoms with E-state index in [2.05, 4.69) is 10.6 Å². The topological polar surface area (TPSA) is 68.8 Å². The fourth-order valence-electron chi connectivity index (χ4n) is 2.28. The predicted octanol–water partition coefficient (Wildman–Crippen LogP) is 4.47. The minimum absolute atomic E-state index is 0.331. The van der Waals surface area contributed by atoms with Crippen molar-refractivity contribution in [3.63, 3.8) is 0 Å². The van der Waals surface area contributed by atoms with Gasteiger partial charge < -0.3 is 24.8 Å². The van der Waals surface area contributed by atoms with Gasteiger partial charge in [-0.15, -0.1) is 0 Å². The van der Waals surface area contributed by atoms with E-state index >= 15 is 0 Å². The zero-order valence-corrected chi connectivity index (χ0v) is 15.9. The maximum absolute atomic E-state index is 12.2. The summed E-state index contributed by atoms with van der Waals surface area (Å²) in [7, 11) is 3.14. The van der Waals surface area contributed by atoms with Crippen molar-refractivity contribution in [2.75, 3.05) is 26.1 Å². The average Bonchev–Trinajstić information content (AvgIpc) is 2.65. The van der Waals surface area contributed by atoms with E-state index in [0.717, 1.165) is 12.0 Å². The Hall–Kier alpha value is -2.60. The Labute approximate surface area is 158 Å². The molecular weight excluding hydrogens is 356 g/mol. The third-order valence-electron chi connectivity index (χ3n) is 3.55. The first kappa shape index (κ1) is 19.7. The lowest BCUT2D eigenvalue weighted by atomic mass is 10.2. The van der Waals surface area contributed by atoms with Crippen molar-refractivity contribution in [3.05, 3.63) is 47.0 Å². The van der Waals surface area contributed by atoms with E-state index in [1.165, 1.54) is 0 Å². The fraction of sp³-hybridized carbons (Fsp3) is 0.316. The number of ether oxygens (including phenoxy) is 3. The van der Waals surface area contributed by atoms with Gasteiger partial charge in [-0.2, -0.15) is 0 Å². The first-order chi connectivity index (χ1) is 12.6. The van der Waals surface area contributed by atoms with Crippen molar-refractivity contribution in [1.82, 2.24) is 5.32 Å². The number of benzene rings is 2. The van der Waals surface area contributed by atoms with Crippen LogP contribution in [0, 0.1) is 0 Å². The Kier molecular flexibility index (Phi) is 7.41. The van der Waals surface area contributed by atoms with Crippen LogP contribution in [0.15, 0.2) is 36.4 Å². The van der Waals surface area contributed by atoms with Gasteiger partial charge in [0.1, 0.15) is 5.75 Å². The van der Waals surface area contributed by atoms with Gasteiger partial charge in [-0.1, -0.05) is 24.6 Å². The van der Waals surface area contributed by atoms with Gasteiger partial charge in [-0.25, -0.2) is 4.79 Å². The summed E-state index contributed by atoms with van der Waals surface area (Å²) in [5.41, 5.74) is 1.40. The maximum Gasteiger partial charge on any atom is 0.319 e. The smallest absolute Gasteiger partial charge is 0.319 e. The number of carbonyl (C=O) groups excluding carboxylic acids is 1. The van der Waals surface area contributed by atoms with E-state index in [0.29, 0.717) is 41.1 Å². The van der Waals surface area contributed by atoms with E-state index in [1.807, 2.05) is 19.1 Å². The quantitative estimate of drug-likeness (QED) is 0.711. The maximum atomic E-state index is 12.2. The first-order valence-corrected chi connectivity index (χ1v) is 8.63. The van der Waals surface area contributed by atoms with Gasteiger partial charge in [0.05, 0.1) is 26.5 Å². The zero-order chi connectivity index (χ0) is 18.9. The second-order valence-corrected chi connectivity index (χ2v) is 5.92. The normalized spacial score (nSPS) is 10.2. The Bertz CT molecular complexity index is 752. The molecule has 0 saturated carbocycles. The van der Waals surface area contributed by atoms with Crippen molar-refractivity contribution in [2.24, 2.45) is 0 Å². The second-order valence-electron chi connectivity index (χ2n) is 5.49. The highest BCUT2D eigenvalue weighted by atomic mass is 35.5. The molecule has 0 saturated heterocycles. The third-order valence-corrected chi connectivity index (χ3v) is 3.79. The molecule has 0 unspecified atom stereocenters. The first-order valence-electron chi connectivity index (χ1n) is 8.25. The molecule has 2 rings (SSSR count). The summed E-state index contributed by atoms with van der Waals surface area (Å²) in [5, 5.41) is 6.08. The molecule has 0 bridgehead atoms. The lowest BCUT2D eigenvalue weighted by Crippen LogP contribution is -2.28. The Morgan fingerprint density at radius 1 is 1.04 bits per heavy atom. The number of hydrogen-bond donors (Lipinski definition) is 2. The molecule has 0 heterocycles. The monoisotopic (exact) mass is 378 g/mol. The minimum atomic E-state index is -0.358. The summed E-state index contributed by atoms with van der Waals surface area (Å²) in [6.45, 7) is 2.90. The zero-order valence-electron chi connectivity index (χ0n) is 15.1. The third kappa shape index (κ3) is 5.46. The Morgan fingerprint density at radius 3 is 2.46 bits per heavy atom. The fourth-order valence-corrected chi connectivity index (χ4v) is 2.45. The lowest BCUT2D eigenvalue weighted by molar-refractivity contribution is 0.251. The highest BCUT2D eigenvalue weighted by Gasteiger charge is 2.10. The van der Waals surface area contributed by atoms with Gasteiger partial charge in [0.25, 0.3) is 0 Å². The van der Waals surface area contributed by atoms with Crippen LogP contribution in [0.4, 0.5) is 10.5 Å². The number of methoxy groups -OCH3 is 2. The molecule has 2 aromatic rings. The molecule has 0 aliphatic heterocycles. The van der Waals surface area contributed by atoms with Crippen LogP contribution in [0.3, 0.4) is 0 Å². The number of carbonyl (C=O) groups is 1. The van der Waals surface area contributed by atoms with Crippen molar-refractivity contribution in [2.45, 2.75) is 19.9 Å². The Morgan fingerprint density at radius 2 is 1.77 bits per heavy atom. The molecule has 2 amide bonds. The average molecular weight is 379 g/mol. The van der Waals surface area contributed by atoms with Crippen LogP contribution in [-0.2, 0) is 6.54 Å². The molecule has 6 nitrogen and oxygen atoms in total. The van der Waals surface area contributed by atoms with E-state index < -0.39 is 0 Å². The summed E-state index contributed by atoms with van der Waals surface area (Å²) in [6.07, 6.45) is 0.869. The molecular formula is C19H23ClN2O4. The van der Waals surface area contributed by atoms with Gasteiger partial charge in [-0.05, 0) is 42.3 Å². The largest absolute Gasteiger partial charge is 0.493 e. The van der Waals surface area contributed by atoms with Crippen LogP contribution in [0.1, 0.15) is 18.9 Å². The number of anilines is 1. The summed E-state index contributed by atoms with van der Waals surface area (Å²) >= 11 is 6.02. The number of halogens is 1.